The van der Waals surface area contributed by atoms with E-state index < -0.39 is 41.0 Å². The Labute approximate surface area is 261 Å². The Morgan fingerprint density at radius 1 is 0.733 bits per heavy atom. The summed E-state index contributed by atoms with van der Waals surface area (Å²) in [6, 6.07) is 3.09. The van der Waals surface area contributed by atoms with Crippen LogP contribution < -0.4 is 0 Å². The molecule has 0 aliphatic rings. The van der Waals surface area contributed by atoms with E-state index >= 15 is 0 Å². The van der Waals surface area contributed by atoms with Crippen LogP contribution in [0.25, 0.3) is 0 Å². The topological polar surface area (TPSA) is 215 Å². The molecular formula is C30H44N2O13. The number of aliphatic hydroxyl groups excluding tert-OH is 1. The van der Waals surface area contributed by atoms with Gasteiger partial charge in [0.15, 0.2) is 24.7 Å². The van der Waals surface area contributed by atoms with Gasteiger partial charge in [-0.2, -0.15) is 0 Å². The van der Waals surface area contributed by atoms with Crippen LogP contribution in [-0.4, -0.2) is 68.2 Å². The van der Waals surface area contributed by atoms with Gasteiger partial charge in [-0.3, -0.25) is 24.0 Å². The zero-order chi connectivity index (χ0) is 34.4. The fraction of sp³-hybridized carbons (Fsp3) is 0.633. The predicted octanol–water partition coefficient (Wildman–Crippen LogP) is 3.96. The van der Waals surface area contributed by atoms with Crippen molar-refractivity contribution in [3.8, 4) is 0 Å². The van der Waals surface area contributed by atoms with Gasteiger partial charge in [-0.15, -0.1) is 0 Å². The molecule has 0 unspecified atom stereocenters. The average Bonchev–Trinajstić information content (AvgIpc) is 3.53. The lowest BCUT2D eigenvalue weighted by Crippen LogP contribution is -2.25. The van der Waals surface area contributed by atoms with Crippen molar-refractivity contribution < 1.29 is 62.2 Å². The van der Waals surface area contributed by atoms with Gasteiger partial charge in [-0.1, -0.05) is 10.3 Å². The number of ether oxygens (including phenoxy) is 4. The van der Waals surface area contributed by atoms with Crippen LogP contribution >= 0.6 is 0 Å². The van der Waals surface area contributed by atoms with Gasteiger partial charge in [0.05, 0.1) is 30.7 Å². The minimum Gasteiger partial charge on any atom is -0.481 e. The maximum absolute atomic E-state index is 11.9. The molecule has 0 fully saturated rings. The molecule has 0 spiro atoms. The van der Waals surface area contributed by atoms with Crippen LogP contribution in [0.3, 0.4) is 0 Å². The van der Waals surface area contributed by atoms with Crippen molar-refractivity contribution in [2.24, 2.45) is 0 Å². The number of aliphatic hydroxyl groups is 1. The van der Waals surface area contributed by atoms with E-state index in [1.165, 1.54) is 19.9 Å². The summed E-state index contributed by atoms with van der Waals surface area (Å²) in [6.07, 6.45) is 0.0258. The van der Waals surface area contributed by atoms with Gasteiger partial charge in [0, 0.05) is 44.4 Å². The van der Waals surface area contributed by atoms with E-state index in [2.05, 4.69) is 10.3 Å². The van der Waals surface area contributed by atoms with Crippen molar-refractivity contribution in [3.05, 3.63) is 35.0 Å². The van der Waals surface area contributed by atoms with Crippen molar-refractivity contribution in [3.63, 3.8) is 0 Å². The molecule has 0 aromatic carbocycles. The molecule has 0 saturated heterocycles. The van der Waals surface area contributed by atoms with Gasteiger partial charge >= 0.3 is 29.8 Å². The van der Waals surface area contributed by atoms with E-state index in [1.807, 2.05) is 0 Å². The standard InChI is InChI=1S/C15H21NO7.C15H23NO6/c1-9(17)21-8-11-7-12(16-23-11)10(5-13(18)19)6-14(20)22-15(2,3)4;1-10(18)20-9-12-8-13(16-22-12)11(5-6-17)7-14(19)21-15(2,3)4/h7,10H,5-6,8H2,1-4H3,(H,18,19);8,11,17H,5-7,9H2,1-4H3/t10-;11-/m11/s1. The molecule has 0 amide bonds. The third kappa shape index (κ3) is 17.6. The number of nitrogens with zero attached hydrogens (tertiary/aromatic N) is 2. The van der Waals surface area contributed by atoms with E-state index in [4.69, 9.17) is 38.2 Å². The first kappa shape index (κ1) is 38.8. The summed E-state index contributed by atoms with van der Waals surface area (Å²) in [5.41, 5.74) is -0.386. The second-order valence-electron chi connectivity index (χ2n) is 12.1. The number of hydrogen-bond acceptors (Lipinski definition) is 14. The molecule has 2 N–H and O–H groups in total. The van der Waals surface area contributed by atoms with Crippen molar-refractivity contribution in [1.29, 1.82) is 0 Å². The molecule has 45 heavy (non-hydrogen) atoms. The summed E-state index contributed by atoms with van der Waals surface area (Å²) in [6.45, 7) is 12.9. The van der Waals surface area contributed by atoms with Crippen LogP contribution in [0.2, 0.25) is 0 Å². The predicted molar refractivity (Wildman–Crippen MR) is 154 cm³/mol. The zero-order valence-electron chi connectivity index (χ0n) is 27.0. The van der Waals surface area contributed by atoms with Crippen molar-refractivity contribution in [1.82, 2.24) is 10.3 Å². The Bertz CT molecular complexity index is 1270. The first-order valence-electron chi connectivity index (χ1n) is 14.2. The molecule has 0 radical (unpaired) electrons. The van der Waals surface area contributed by atoms with Crippen LogP contribution in [0, 0.1) is 0 Å². The molecule has 15 nitrogen and oxygen atoms in total. The van der Waals surface area contributed by atoms with Gasteiger partial charge < -0.3 is 38.2 Å². The Balaban J connectivity index is 0.000000450. The summed E-state index contributed by atoms with van der Waals surface area (Å²) in [4.78, 5) is 56.3. The third-order valence-corrected chi connectivity index (χ3v) is 5.39. The molecule has 15 heteroatoms. The highest BCUT2D eigenvalue weighted by Gasteiger charge is 2.27. The van der Waals surface area contributed by atoms with Gasteiger partial charge in [-0.05, 0) is 48.0 Å². The molecular weight excluding hydrogens is 596 g/mol. The third-order valence-electron chi connectivity index (χ3n) is 5.39. The van der Waals surface area contributed by atoms with Gasteiger partial charge in [0.25, 0.3) is 0 Å². The largest absolute Gasteiger partial charge is 0.481 e. The number of rotatable bonds is 14. The van der Waals surface area contributed by atoms with Crippen LogP contribution in [0.4, 0.5) is 0 Å². The second-order valence-corrected chi connectivity index (χ2v) is 12.1. The number of aromatic nitrogens is 2. The number of hydrogen-bond donors (Lipinski definition) is 2. The Morgan fingerprint density at radius 2 is 1.13 bits per heavy atom. The second kappa shape index (κ2) is 17.9. The Kier molecular flexibility index (Phi) is 15.4. The molecule has 0 aliphatic heterocycles. The van der Waals surface area contributed by atoms with Crippen molar-refractivity contribution >= 4 is 29.8 Å². The normalized spacial score (nSPS) is 12.6. The minimum atomic E-state index is -1.07. The van der Waals surface area contributed by atoms with Crippen LogP contribution in [0.1, 0.15) is 116 Å². The fourth-order valence-electron chi connectivity index (χ4n) is 3.70. The molecule has 2 atom stereocenters. The maximum Gasteiger partial charge on any atom is 0.307 e. The summed E-state index contributed by atoms with van der Waals surface area (Å²) < 4.78 is 30.1. The number of carbonyl (C=O) groups is 5. The summed E-state index contributed by atoms with van der Waals surface area (Å²) >= 11 is 0. The smallest absolute Gasteiger partial charge is 0.307 e. The first-order valence-corrected chi connectivity index (χ1v) is 14.2. The zero-order valence-corrected chi connectivity index (χ0v) is 27.0. The van der Waals surface area contributed by atoms with Crippen LogP contribution in [-0.2, 0) is 56.1 Å². The molecule has 2 rings (SSSR count). The van der Waals surface area contributed by atoms with Gasteiger partial charge in [-0.25, -0.2) is 0 Å². The quantitative estimate of drug-likeness (QED) is 0.221. The van der Waals surface area contributed by atoms with Gasteiger partial charge in [0.2, 0.25) is 0 Å². The highest BCUT2D eigenvalue weighted by Crippen LogP contribution is 2.26. The van der Waals surface area contributed by atoms with E-state index in [-0.39, 0.29) is 56.7 Å². The summed E-state index contributed by atoms with van der Waals surface area (Å²) in [5.74, 6) is -3.18. The van der Waals surface area contributed by atoms with Crippen molar-refractivity contribution in [2.75, 3.05) is 6.61 Å². The minimum absolute atomic E-state index is 0.0133. The van der Waals surface area contributed by atoms with E-state index in [0.717, 1.165) is 0 Å². The fourth-order valence-corrected chi connectivity index (χ4v) is 3.70. The lowest BCUT2D eigenvalue weighted by Gasteiger charge is -2.21. The SMILES string of the molecule is CC(=O)OCc1cc([C@H](CC(=O)O)CC(=O)OC(C)(C)C)no1.CC(=O)OCc1cc([C@H](CCO)CC(=O)OC(C)(C)C)no1. The molecule has 2 heterocycles. The van der Waals surface area contributed by atoms with Crippen LogP contribution in [0.5, 0.6) is 0 Å². The van der Waals surface area contributed by atoms with Crippen LogP contribution in [0.15, 0.2) is 21.2 Å². The highest BCUT2D eigenvalue weighted by atomic mass is 16.6. The number of esters is 4. The molecule has 0 aliphatic carbocycles. The number of carbonyl (C=O) groups excluding carboxylic acids is 4. The van der Waals surface area contributed by atoms with Gasteiger partial charge in [0.1, 0.15) is 11.2 Å². The summed E-state index contributed by atoms with van der Waals surface area (Å²) in [5, 5.41) is 25.8. The maximum atomic E-state index is 11.9. The molecule has 0 saturated carbocycles. The highest BCUT2D eigenvalue weighted by molar-refractivity contribution is 5.74. The number of carboxylic acid groups (broad SMARTS) is 1. The Morgan fingerprint density at radius 3 is 1.49 bits per heavy atom. The molecule has 252 valence electrons. The van der Waals surface area contributed by atoms with E-state index in [0.29, 0.717) is 23.6 Å². The summed E-state index contributed by atoms with van der Waals surface area (Å²) in [7, 11) is 0. The van der Waals surface area contributed by atoms with E-state index in [9.17, 15) is 24.0 Å². The molecule has 0 bridgehead atoms. The van der Waals surface area contributed by atoms with E-state index in [1.54, 1.807) is 47.6 Å². The first-order chi connectivity index (χ1) is 20.8. The number of carboxylic acids is 1. The molecule has 2 aromatic rings. The monoisotopic (exact) mass is 640 g/mol. The molecule has 2 aromatic heterocycles. The lowest BCUT2D eigenvalue weighted by atomic mass is 9.97. The average molecular weight is 641 g/mol. The van der Waals surface area contributed by atoms with Crippen molar-refractivity contribution in [2.45, 2.75) is 117 Å². The Hall–Kier alpha value is -4.27. The lowest BCUT2D eigenvalue weighted by molar-refractivity contribution is -0.156. The number of aliphatic carboxylic acids is 1.